The Labute approximate surface area is 455 Å². The molecule has 0 aliphatic carbocycles. The quantitative estimate of drug-likeness (QED) is 0.0468. The first-order chi connectivity index (χ1) is 30.1. The maximum atomic E-state index is 6.77. The van der Waals surface area contributed by atoms with Crippen molar-refractivity contribution < 1.29 is 18.3 Å². The maximum absolute atomic E-state index is 6.77. The monoisotopic (exact) mass is 1040 g/mol. The highest BCUT2D eigenvalue weighted by molar-refractivity contribution is 6.84. The van der Waals surface area contributed by atoms with E-state index in [-0.39, 0.29) is 50.0 Å². The molecule has 4 nitrogen and oxygen atoms in total. The normalized spacial score (nSPS) is 12.1. The Hall–Kier alpha value is 0.274. The number of hydrogen-bond acceptors (Lipinski definition) is 4. The Bertz CT molecular complexity index is 832. The summed E-state index contributed by atoms with van der Waals surface area (Å²) in [6, 6.07) is 2.69. The molecule has 2 atom stereocenters. The van der Waals surface area contributed by atoms with E-state index in [0.29, 0.717) is 10.8 Å². The molecule has 442 valence electrons. The van der Waals surface area contributed by atoms with Crippen molar-refractivity contribution >= 4 is 16.6 Å². The van der Waals surface area contributed by atoms with Crippen LogP contribution in [0, 0.1) is 39.9 Å². The first kappa shape index (κ1) is 96.0. The Morgan fingerprint density at radius 3 is 0.829 bits per heavy atom. The van der Waals surface area contributed by atoms with Crippen molar-refractivity contribution in [3.63, 3.8) is 0 Å². The van der Waals surface area contributed by atoms with Gasteiger partial charge in [-0.05, 0) is 105 Å². The van der Waals surface area contributed by atoms with Crippen molar-refractivity contribution in [2.45, 2.75) is 343 Å². The average Bonchev–Trinajstić information content (AvgIpc) is 3.28. The molecule has 0 heterocycles. The van der Waals surface area contributed by atoms with Crippen molar-refractivity contribution in [3.8, 4) is 0 Å². The van der Waals surface area contributed by atoms with Gasteiger partial charge in [-0.2, -0.15) is 0 Å². The average molecular weight is 1040 g/mol. The molecular weight excluding hydrogens is 889 g/mol. The van der Waals surface area contributed by atoms with E-state index in [1.165, 1.54) is 108 Å². The summed E-state index contributed by atoms with van der Waals surface area (Å²) in [5, 5.41) is 0. The molecule has 0 aromatic rings. The van der Waals surface area contributed by atoms with Gasteiger partial charge in [-0.3, -0.25) is 0 Å². The SMILES string of the molecule is C.C.C.C.C.C.CCC(C)(CC)CC.CCC(CC)(CC)CC.CCC(CC)C[Si](C)(C)O[Si](C)(C)CC(CC)CC.CCCC(C)CC(C)CC.CCCOCC(CC)(COCCC)COCCC. The third-order valence-electron chi connectivity index (χ3n) is 15.3. The van der Waals surface area contributed by atoms with E-state index in [2.05, 4.69) is 165 Å². The van der Waals surface area contributed by atoms with E-state index in [1.54, 1.807) is 0 Å². The van der Waals surface area contributed by atoms with Gasteiger partial charge in [-0.1, -0.05) is 273 Å². The van der Waals surface area contributed by atoms with E-state index < -0.39 is 16.6 Å². The van der Waals surface area contributed by atoms with Gasteiger partial charge in [0.05, 0.1) is 19.8 Å². The minimum absolute atomic E-state index is 0. The number of ether oxygens (including phenoxy) is 3. The number of rotatable bonds is 35. The zero-order chi connectivity index (χ0) is 50.7. The van der Waals surface area contributed by atoms with Gasteiger partial charge < -0.3 is 18.3 Å². The molecule has 0 saturated carbocycles. The second kappa shape index (κ2) is 60.1. The first-order valence-electron chi connectivity index (χ1n) is 28.5. The Morgan fingerprint density at radius 2 is 0.657 bits per heavy atom. The molecule has 0 fully saturated rings. The molecule has 0 aliphatic rings. The standard InChI is InChI=1S/C16H38OSi2.C15H32O3.C10H22.C9H20.C8H18.6CH4/c1-9-15(10-2)13-18(5,6)17-19(7,8)14-16(11-3)12-4;1-5-9-16-12-15(8-4,13-17-10-6-2)14-18-11-7-3;1-5-7-10(4)8-9(3)6-2;1-5-9(6-2,7-3)8-4;1-5-8(4,6-2)7-3;;;;;;/h15-16H,9-14H2,1-8H3;5-14H2,1-4H3;9-10H,5-8H2,1-4H3;5-8H2,1-4H3;5-7H2,1-4H3;6*1H4. The predicted molar refractivity (Wildman–Crippen MR) is 341 cm³/mol. The summed E-state index contributed by atoms with van der Waals surface area (Å²) in [7, 11) is -2.95. The first-order valence-corrected chi connectivity index (χ1v) is 34.7. The van der Waals surface area contributed by atoms with Gasteiger partial charge in [0.25, 0.3) is 0 Å². The van der Waals surface area contributed by atoms with Gasteiger partial charge in [-0.15, -0.1) is 0 Å². The molecule has 0 aromatic carbocycles. The van der Waals surface area contributed by atoms with Crippen LogP contribution in [0.15, 0.2) is 0 Å². The summed E-state index contributed by atoms with van der Waals surface area (Å²) in [6.45, 7) is 60.0. The minimum Gasteiger partial charge on any atom is -0.455 e. The summed E-state index contributed by atoms with van der Waals surface area (Å²) < 4.78 is 24.0. The van der Waals surface area contributed by atoms with Gasteiger partial charge in [-0.25, -0.2) is 0 Å². The summed E-state index contributed by atoms with van der Waals surface area (Å²) in [6.07, 6.45) is 24.3. The van der Waals surface area contributed by atoms with Crippen LogP contribution in [0.25, 0.3) is 0 Å². The lowest BCUT2D eigenvalue weighted by atomic mass is 9.78. The summed E-state index contributed by atoms with van der Waals surface area (Å²) in [5.41, 5.74) is 1.32. The molecule has 0 spiro atoms. The van der Waals surface area contributed by atoms with E-state index in [1.807, 2.05) is 0 Å². The van der Waals surface area contributed by atoms with Crippen LogP contribution < -0.4 is 0 Å². The molecule has 0 aromatic heterocycles. The number of hydrogen-bond donors (Lipinski definition) is 0. The van der Waals surface area contributed by atoms with Crippen LogP contribution in [-0.4, -0.2) is 56.3 Å². The van der Waals surface area contributed by atoms with E-state index in [0.717, 1.165) is 89.0 Å². The van der Waals surface area contributed by atoms with Crippen molar-refractivity contribution in [3.05, 3.63) is 0 Å². The molecule has 6 heteroatoms. The second-order valence-electron chi connectivity index (χ2n) is 21.8. The van der Waals surface area contributed by atoms with Gasteiger partial charge in [0.1, 0.15) is 0 Å². The largest absolute Gasteiger partial charge is 0.455 e. The van der Waals surface area contributed by atoms with Gasteiger partial charge in [0.2, 0.25) is 0 Å². The molecule has 0 aliphatic heterocycles. The molecule has 0 saturated heterocycles. The lowest BCUT2D eigenvalue weighted by molar-refractivity contribution is -0.0712. The molecule has 0 rings (SSSR count). The van der Waals surface area contributed by atoms with Gasteiger partial charge >= 0.3 is 0 Å². The van der Waals surface area contributed by atoms with Crippen LogP contribution >= 0.6 is 0 Å². The minimum atomic E-state index is -1.47. The summed E-state index contributed by atoms with van der Waals surface area (Å²) in [5.74, 6) is 3.63. The molecular formula is C64H154O4Si2. The van der Waals surface area contributed by atoms with Gasteiger partial charge in [0, 0.05) is 25.2 Å². The molecule has 0 bridgehead atoms. The smallest absolute Gasteiger partial charge is 0.173 e. The highest BCUT2D eigenvalue weighted by Crippen LogP contribution is 2.34. The zero-order valence-electron chi connectivity index (χ0n) is 49.5. The Balaban J connectivity index is -0.0000000704. The fourth-order valence-electron chi connectivity index (χ4n) is 8.82. The molecule has 70 heavy (non-hydrogen) atoms. The van der Waals surface area contributed by atoms with Gasteiger partial charge in [0.15, 0.2) is 16.6 Å². The molecule has 0 amide bonds. The third-order valence-corrected chi connectivity index (χ3v) is 22.8. The van der Waals surface area contributed by atoms with Crippen molar-refractivity contribution in [2.24, 2.45) is 39.9 Å². The van der Waals surface area contributed by atoms with Crippen molar-refractivity contribution in [2.75, 3.05) is 39.6 Å². The van der Waals surface area contributed by atoms with Crippen LogP contribution in [0.5, 0.6) is 0 Å². The van der Waals surface area contributed by atoms with Crippen LogP contribution in [0.4, 0.5) is 0 Å². The molecule has 0 N–H and O–H groups in total. The van der Waals surface area contributed by atoms with E-state index in [9.17, 15) is 0 Å². The lowest BCUT2D eigenvalue weighted by Crippen LogP contribution is -2.46. The zero-order valence-corrected chi connectivity index (χ0v) is 51.5. The van der Waals surface area contributed by atoms with E-state index in [4.69, 9.17) is 18.3 Å². The molecule has 2 unspecified atom stereocenters. The highest BCUT2D eigenvalue weighted by atomic mass is 28.4. The van der Waals surface area contributed by atoms with Crippen LogP contribution in [0.3, 0.4) is 0 Å². The third kappa shape index (κ3) is 54.5. The Kier molecular flexibility index (Phi) is 82.5. The summed E-state index contributed by atoms with van der Waals surface area (Å²) >= 11 is 0. The maximum Gasteiger partial charge on any atom is 0.173 e. The van der Waals surface area contributed by atoms with Crippen LogP contribution in [0.1, 0.15) is 305 Å². The predicted octanol–water partition coefficient (Wildman–Crippen LogP) is 24.5. The Morgan fingerprint density at radius 1 is 0.371 bits per heavy atom. The lowest BCUT2D eigenvalue weighted by Gasteiger charge is -2.37. The van der Waals surface area contributed by atoms with Crippen molar-refractivity contribution in [1.82, 2.24) is 0 Å². The fourth-order valence-corrected chi connectivity index (χ4v) is 19.4. The second-order valence-corrected chi connectivity index (χ2v) is 30.5. The van der Waals surface area contributed by atoms with E-state index >= 15 is 0 Å². The van der Waals surface area contributed by atoms with Crippen LogP contribution in [0.2, 0.25) is 38.3 Å². The molecule has 0 radical (unpaired) electrons. The summed E-state index contributed by atoms with van der Waals surface area (Å²) in [4.78, 5) is 0. The highest BCUT2D eigenvalue weighted by Gasteiger charge is 2.35. The topological polar surface area (TPSA) is 36.9 Å². The van der Waals surface area contributed by atoms with Crippen molar-refractivity contribution in [1.29, 1.82) is 0 Å². The fraction of sp³-hybridized carbons (Fsp3) is 1.00. The van der Waals surface area contributed by atoms with Crippen LogP contribution in [-0.2, 0) is 18.3 Å².